The molecule has 0 radical (unpaired) electrons. The summed E-state index contributed by atoms with van der Waals surface area (Å²) in [7, 11) is 0. The van der Waals surface area contributed by atoms with Crippen LogP contribution in [0.2, 0.25) is 0 Å². The van der Waals surface area contributed by atoms with Gasteiger partial charge in [0, 0.05) is 16.5 Å². The van der Waals surface area contributed by atoms with Gasteiger partial charge in [0.05, 0.1) is 0 Å². The summed E-state index contributed by atoms with van der Waals surface area (Å²) in [5, 5.41) is 11.3. The van der Waals surface area contributed by atoms with Crippen molar-refractivity contribution in [3.8, 4) is 12.3 Å². The van der Waals surface area contributed by atoms with Gasteiger partial charge in [-0.1, -0.05) is 22.0 Å². The monoisotopic (exact) mass is 309 g/mol. The molecule has 0 saturated heterocycles. The summed E-state index contributed by atoms with van der Waals surface area (Å²) >= 11 is 3.31. The van der Waals surface area contributed by atoms with E-state index in [1.165, 1.54) is 0 Å². The van der Waals surface area contributed by atoms with Crippen molar-refractivity contribution in [1.82, 2.24) is 5.32 Å². The SMILES string of the molecule is C#CCC(NC(=O)c1cccc(Br)c1C)C(=O)O. The largest absolute Gasteiger partial charge is 0.480 e. The van der Waals surface area contributed by atoms with E-state index in [-0.39, 0.29) is 6.42 Å². The van der Waals surface area contributed by atoms with Crippen LogP contribution in [-0.4, -0.2) is 23.0 Å². The van der Waals surface area contributed by atoms with Crippen LogP contribution in [0, 0.1) is 19.3 Å². The van der Waals surface area contributed by atoms with Gasteiger partial charge in [-0.2, -0.15) is 0 Å². The zero-order chi connectivity index (χ0) is 13.7. The lowest BCUT2D eigenvalue weighted by Crippen LogP contribution is -2.40. The molecule has 1 aromatic carbocycles. The number of hydrogen-bond donors (Lipinski definition) is 2. The molecule has 1 atom stereocenters. The fraction of sp³-hybridized carbons (Fsp3) is 0.231. The van der Waals surface area contributed by atoms with Crippen LogP contribution in [-0.2, 0) is 4.79 Å². The van der Waals surface area contributed by atoms with Crippen LogP contribution in [0.25, 0.3) is 0 Å². The lowest BCUT2D eigenvalue weighted by Gasteiger charge is -2.13. The van der Waals surface area contributed by atoms with Crippen molar-refractivity contribution in [1.29, 1.82) is 0 Å². The minimum absolute atomic E-state index is 0.0475. The van der Waals surface area contributed by atoms with Crippen molar-refractivity contribution in [2.75, 3.05) is 0 Å². The van der Waals surface area contributed by atoms with Crippen molar-refractivity contribution < 1.29 is 14.7 Å². The van der Waals surface area contributed by atoms with Gasteiger partial charge < -0.3 is 10.4 Å². The van der Waals surface area contributed by atoms with Crippen LogP contribution in [0.15, 0.2) is 22.7 Å². The lowest BCUT2D eigenvalue weighted by atomic mass is 10.1. The van der Waals surface area contributed by atoms with Crippen LogP contribution >= 0.6 is 15.9 Å². The van der Waals surface area contributed by atoms with Gasteiger partial charge in [-0.05, 0) is 24.6 Å². The number of benzene rings is 1. The number of carboxylic acids is 1. The molecule has 0 aliphatic heterocycles. The van der Waals surface area contributed by atoms with E-state index in [0.717, 1.165) is 10.0 Å². The molecule has 0 aromatic heterocycles. The number of halogens is 1. The second kappa shape index (κ2) is 6.22. The first-order valence-corrected chi connectivity index (χ1v) is 5.99. The maximum Gasteiger partial charge on any atom is 0.327 e. The second-order valence-electron chi connectivity index (χ2n) is 3.68. The summed E-state index contributed by atoms with van der Waals surface area (Å²) in [5.74, 6) is 0.635. The van der Waals surface area contributed by atoms with Gasteiger partial charge in [-0.15, -0.1) is 12.3 Å². The second-order valence-corrected chi connectivity index (χ2v) is 4.54. The predicted octanol–water partition coefficient (Wildman–Crippen LogP) is 1.96. The van der Waals surface area contributed by atoms with Crippen LogP contribution in [0.5, 0.6) is 0 Å². The van der Waals surface area contributed by atoms with Crippen molar-refractivity contribution in [2.45, 2.75) is 19.4 Å². The molecule has 1 unspecified atom stereocenters. The Labute approximate surface area is 114 Å². The molecule has 1 aromatic rings. The molecule has 0 fully saturated rings. The van der Waals surface area contributed by atoms with Gasteiger partial charge in [0.2, 0.25) is 0 Å². The number of nitrogens with one attached hydrogen (secondary N) is 1. The Morgan fingerprint density at radius 1 is 1.56 bits per heavy atom. The number of aliphatic carboxylic acids is 1. The van der Waals surface area contributed by atoms with Crippen molar-refractivity contribution in [2.24, 2.45) is 0 Å². The first kappa shape index (κ1) is 14.3. The summed E-state index contributed by atoms with van der Waals surface area (Å²) in [6, 6.07) is 4.08. The summed E-state index contributed by atoms with van der Waals surface area (Å²) in [6.07, 6.45) is 5.02. The Morgan fingerprint density at radius 2 is 2.22 bits per heavy atom. The lowest BCUT2D eigenvalue weighted by molar-refractivity contribution is -0.139. The van der Waals surface area contributed by atoms with Gasteiger partial charge in [0.15, 0.2) is 0 Å². The molecule has 4 nitrogen and oxygen atoms in total. The molecule has 18 heavy (non-hydrogen) atoms. The average molecular weight is 310 g/mol. The van der Waals surface area contributed by atoms with Gasteiger partial charge in [0.25, 0.3) is 5.91 Å². The molecular weight excluding hydrogens is 298 g/mol. The summed E-state index contributed by atoms with van der Waals surface area (Å²) in [5.41, 5.74) is 1.17. The Balaban J connectivity index is 2.91. The third-order valence-corrected chi connectivity index (χ3v) is 3.30. The van der Waals surface area contributed by atoms with E-state index >= 15 is 0 Å². The van der Waals surface area contributed by atoms with E-state index in [0.29, 0.717) is 5.56 Å². The normalized spacial score (nSPS) is 11.4. The fourth-order valence-electron chi connectivity index (χ4n) is 1.41. The van der Waals surface area contributed by atoms with Crippen molar-refractivity contribution >= 4 is 27.8 Å². The predicted molar refractivity (Wildman–Crippen MR) is 71.2 cm³/mol. The number of hydrogen-bond acceptors (Lipinski definition) is 2. The van der Waals surface area contributed by atoms with E-state index in [1.807, 2.05) is 6.07 Å². The minimum Gasteiger partial charge on any atom is -0.480 e. The molecule has 1 rings (SSSR count). The van der Waals surface area contributed by atoms with Crippen LogP contribution in [0.4, 0.5) is 0 Å². The minimum atomic E-state index is -1.14. The van der Waals surface area contributed by atoms with Crippen molar-refractivity contribution in [3.63, 3.8) is 0 Å². The number of carbonyl (C=O) groups is 2. The highest BCUT2D eigenvalue weighted by atomic mass is 79.9. The zero-order valence-corrected chi connectivity index (χ0v) is 11.3. The summed E-state index contributed by atoms with van der Waals surface area (Å²) in [6.45, 7) is 1.77. The fourth-order valence-corrected chi connectivity index (χ4v) is 1.77. The topological polar surface area (TPSA) is 66.4 Å². The van der Waals surface area contributed by atoms with Gasteiger partial charge in [-0.3, -0.25) is 4.79 Å². The first-order valence-electron chi connectivity index (χ1n) is 5.19. The van der Waals surface area contributed by atoms with Gasteiger partial charge in [0.1, 0.15) is 6.04 Å². The molecule has 0 saturated carbocycles. The summed E-state index contributed by atoms with van der Waals surface area (Å²) in [4.78, 5) is 22.8. The van der Waals surface area contributed by atoms with E-state index in [4.69, 9.17) is 11.5 Å². The molecular formula is C13H12BrNO3. The van der Waals surface area contributed by atoms with E-state index in [1.54, 1.807) is 19.1 Å². The molecule has 0 aliphatic carbocycles. The number of terminal acetylenes is 1. The quantitative estimate of drug-likeness (QED) is 0.836. The number of rotatable bonds is 4. The van der Waals surface area contributed by atoms with Gasteiger partial charge in [-0.25, -0.2) is 4.79 Å². The summed E-state index contributed by atoms with van der Waals surface area (Å²) < 4.78 is 0.791. The third kappa shape index (κ3) is 3.34. The van der Waals surface area contributed by atoms with Crippen LogP contribution in [0.3, 0.4) is 0 Å². The molecule has 1 amide bonds. The molecule has 5 heteroatoms. The Bertz CT molecular complexity index is 519. The highest BCUT2D eigenvalue weighted by molar-refractivity contribution is 9.10. The Morgan fingerprint density at radius 3 is 2.78 bits per heavy atom. The van der Waals surface area contributed by atoms with Crippen LogP contribution < -0.4 is 5.32 Å². The van der Waals surface area contributed by atoms with Crippen molar-refractivity contribution in [3.05, 3.63) is 33.8 Å². The number of amides is 1. The molecule has 0 heterocycles. The smallest absolute Gasteiger partial charge is 0.327 e. The molecule has 94 valence electrons. The van der Waals surface area contributed by atoms with Crippen LogP contribution in [0.1, 0.15) is 22.3 Å². The maximum absolute atomic E-state index is 11.9. The standard InChI is InChI=1S/C13H12BrNO3/c1-3-5-11(13(17)18)15-12(16)9-6-4-7-10(14)8(9)2/h1,4,6-7,11H,5H2,2H3,(H,15,16)(H,17,18). The molecule has 2 N–H and O–H groups in total. The Kier molecular flexibility index (Phi) is 4.93. The van der Waals surface area contributed by atoms with E-state index in [9.17, 15) is 9.59 Å². The average Bonchev–Trinajstić information content (AvgIpc) is 2.31. The molecule has 0 aliphatic rings. The van der Waals surface area contributed by atoms with Gasteiger partial charge >= 0.3 is 5.97 Å². The Hall–Kier alpha value is -1.80. The molecule has 0 bridgehead atoms. The highest BCUT2D eigenvalue weighted by Gasteiger charge is 2.20. The maximum atomic E-state index is 11.9. The number of carbonyl (C=O) groups excluding carboxylic acids is 1. The number of carboxylic acid groups (broad SMARTS) is 1. The molecule has 0 spiro atoms. The third-order valence-electron chi connectivity index (χ3n) is 2.44. The zero-order valence-electron chi connectivity index (χ0n) is 9.74. The van der Waals surface area contributed by atoms with E-state index < -0.39 is 17.9 Å². The highest BCUT2D eigenvalue weighted by Crippen LogP contribution is 2.19. The van der Waals surface area contributed by atoms with E-state index in [2.05, 4.69) is 27.2 Å². The first-order chi connectivity index (χ1) is 8.47.